The third-order valence-corrected chi connectivity index (χ3v) is 9.81. The Hall–Kier alpha value is -2.93. The van der Waals surface area contributed by atoms with E-state index in [0.29, 0.717) is 53.2 Å². The van der Waals surface area contributed by atoms with Crippen molar-refractivity contribution >= 4 is 62.4 Å². The lowest BCUT2D eigenvalue weighted by Gasteiger charge is -2.31. The molecule has 4 heterocycles. The van der Waals surface area contributed by atoms with E-state index in [-0.39, 0.29) is 29.2 Å². The zero-order chi connectivity index (χ0) is 26.4. The minimum absolute atomic E-state index is 0.152. The highest BCUT2D eigenvalue weighted by Crippen LogP contribution is 2.54. The molecule has 38 heavy (non-hydrogen) atoms. The molecule has 0 aliphatic carbocycles. The van der Waals surface area contributed by atoms with Gasteiger partial charge in [-0.1, -0.05) is 57.2 Å². The maximum atomic E-state index is 13.9. The lowest BCUT2D eigenvalue weighted by molar-refractivity contribution is -0.137. The molecular weight excluding hydrogens is 594 g/mol. The molecule has 12 heteroatoms. The highest BCUT2D eigenvalue weighted by atomic mass is 79.9. The van der Waals surface area contributed by atoms with E-state index in [1.54, 1.807) is 41.3 Å². The number of carbonyl (C=O) groups excluding carboxylic acids is 3. The molecule has 3 atom stereocenters. The van der Waals surface area contributed by atoms with Crippen LogP contribution in [0.5, 0.6) is 5.75 Å². The summed E-state index contributed by atoms with van der Waals surface area (Å²) in [7, 11) is 0. The summed E-state index contributed by atoms with van der Waals surface area (Å²) in [6.45, 7) is 1.84. The van der Waals surface area contributed by atoms with Gasteiger partial charge in [-0.25, -0.2) is 4.90 Å². The van der Waals surface area contributed by atoms with Gasteiger partial charge in [0.25, 0.3) is 5.91 Å². The summed E-state index contributed by atoms with van der Waals surface area (Å²) in [6, 6.07) is 14.2. The third-order valence-electron chi connectivity index (χ3n) is 6.88. The van der Waals surface area contributed by atoms with Crippen LogP contribution < -0.4 is 14.5 Å². The SMILES string of the molecule is O=C(COc1ccccc1C1c2sc(=O)[nH]c2SC2C(=O)N(c3ccc(Br)cc3)C(=O)C21)N1CCOCC1. The molecule has 2 fully saturated rings. The molecule has 2 saturated heterocycles. The van der Waals surface area contributed by atoms with Crippen molar-refractivity contribution in [1.82, 2.24) is 9.88 Å². The molecule has 3 aliphatic rings. The van der Waals surface area contributed by atoms with Crippen LogP contribution in [0.4, 0.5) is 5.69 Å². The number of H-pyrrole nitrogens is 1. The summed E-state index contributed by atoms with van der Waals surface area (Å²) < 4.78 is 12.2. The molecule has 196 valence electrons. The number of aromatic amines is 1. The van der Waals surface area contributed by atoms with Crippen LogP contribution in [0.2, 0.25) is 0 Å². The molecule has 3 unspecified atom stereocenters. The predicted molar refractivity (Wildman–Crippen MR) is 146 cm³/mol. The van der Waals surface area contributed by atoms with Crippen LogP contribution in [0.15, 0.2) is 62.8 Å². The molecule has 0 saturated carbocycles. The number of fused-ring (bicyclic) bond motifs is 2. The average molecular weight is 617 g/mol. The molecule has 9 nitrogen and oxygen atoms in total. The average Bonchev–Trinajstić information content (AvgIpc) is 3.43. The minimum Gasteiger partial charge on any atom is -0.483 e. The minimum atomic E-state index is -0.741. The van der Waals surface area contributed by atoms with Crippen molar-refractivity contribution in [2.75, 3.05) is 37.8 Å². The summed E-state index contributed by atoms with van der Waals surface area (Å²) in [5.41, 5.74) is 1.15. The number of hydrogen-bond donors (Lipinski definition) is 1. The zero-order valence-corrected chi connectivity index (χ0v) is 23.1. The number of hydrogen-bond acceptors (Lipinski definition) is 8. The van der Waals surface area contributed by atoms with E-state index in [9.17, 15) is 19.2 Å². The van der Waals surface area contributed by atoms with Crippen molar-refractivity contribution in [3.8, 4) is 5.75 Å². The highest BCUT2D eigenvalue weighted by molar-refractivity contribution is 9.10. The fourth-order valence-electron chi connectivity index (χ4n) is 5.11. The number of nitrogens with zero attached hydrogens (tertiary/aromatic N) is 2. The number of halogens is 1. The Morgan fingerprint density at radius 2 is 1.79 bits per heavy atom. The molecule has 0 radical (unpaired) electrons. The normalized spacial score (nSPS) is 22.8. The number of ether oxygens (including phenoxy) is 2. The Balaban J connectivity index is 1.36. The predicted octanol–water partition coefficient (Wildman–Crippen LogP) is 3.23. The van der Waals surface area contributed by atoms with Crippen LogP contribution >= 0.6 is 39.0 Å². The van der Waals surface area contributed by atoms with Gasteiger partial charge in [0.1, 0.15) is 11.0 Å². The Morgan fingerprint density at radius 3 is 2.55 bits per heavy atom. The molecule has 3 aromatic rings. The number of morpholine rings is 1. The highest BCUT2D eigenvalue weighted by Gasteiger charge is 2.56. The van der Waals surface area contributed by atoms with E-state index >= 15 is 0 Å². The number of thiazole rings is 1. The van der Waals surface area contributed by atoms with E-state index in [0.717, 1.165) is 15.8 Å². The Labute approximate surface area is 234 Å². The molecule has 2 aromatic carbocycles. The number of aromatic nitrogens is 1. The first-order valence-corrected chi connectivity index (χ1v) is 14.5. The fourth-order valence-corrected chi connectivity index (χ4v) is 7.88. The smallest absolute Gasteiger partial charge is 0.305 e. The lowest BCUT2D eigenvalue weighted by Crippen LogP contribution is -2.43. The standard InChI is InChI=1S/C26H22BrN3O6S2/c27-14-5-7-15(8-6-14)30-24(32)20-19(21-23(28-26(34)38-21)37-22(20)25(30)33)16-3-1-2-4-17(16)36-13-18(31)29-9-11-35-12-10-29/h1-8,19-20,22H,9-13H2,(H,28,34). The van der Waals surface area contributed by atoms with Gasteiger partial charge >= 0.3 is 4.87 Å². The number of imide groups is 1. The van der Waals surface area contributed by atoms with E-state index in [2.05, 4.69) is 20.9 Å². The van der Waals surface area contributed by atoms with Gasteiger partial charge < -0.3 is 19.4 Å². The molecule has 1 aromatic heterocycles. The molecule has 6 rings (SSSR count). The van der Waals surface area contributed by atoms with Crippen LogP contribution in [0.3, 0.4) is 0 Å². The third kappa shape index (κ3) is 4.49. The maximum Gasteiger partial charge on any atom is 0.305 e. The van der Waals surface area contributed by atoms with Gasteiger partial charge in [-0.15, -0.1) is 0 Å². The van der Waals surface area contributed by atoms with Gasteiger partial charge in [-0.2, -0.15) is 0 Å². The van der Waals surface area contributed by atoms with Gasteiger partial charge in [-0.3, -0.25) is 19.2 Å². The van der Waals surface area contributed by atoms with E-state index in [1.165, 1.54) is 16.7 Å². The summed E-state index contributed by atoms with van der Waals surface area (Å²) >= 11 is 5.65. The van der Waals surface area contributed by atoms with Gasteiger partial charge in [0, 0.05) is 33.9 Å². The number of nitrogens with one attached hydrogen (secondary N) is 1. The quantitative estimate of drug-likeness (QED) is 0.439. The number of carbonyl (C=O) groups is 3. The monoisotopic (exact) mass is 615 g/mol. The van der Waals surface area contributed by atoms with Crippen LogP contribution in [0, 0.1) is 5.92 Å². The Bertz CT molecular complexity index is 1470. The van der Waals surface area contributed by atoms with Crippen molar-refractivity contribution in [1.29, 1.82) is 0 Å². The van der Waals surface area contributed by atoms with Gasteiger partial charge in [0.05, 0.1) is 29.8 Å². The fraction of sp³-hybridized carbons (Fsp3) is 0.308. The number of thioether (sulfide) groups is 1. The van der Waals surface area contributed by atoms with E-state index < -0.39 is 17.1 Å². The van der Waals surface area contributed by atoms with Crippen molar-refractivity contribution < 1.29 is 23.9 Å². The van der Waals surface area contributed by atoms with Gasteiger partial charge in [0.15, 0.2) is 6.61 Å². The first kappa shape index (κ1) is 25.4. The second-order valence-electron chi connectivity index (χ2n) is 9.06. The second kappa shape index (κ2) is 10.3. The van der Waals surface area contributed by atoms with E-state index in [4.69, 9.17) is 9.47 Å². The second-order valence-corrected chi connectivity index (χ2v) is 12.1. The molecule has 0 spiro atoms. The Morgan fingerprint density at radius 1 is 1.05 bits per heavy atom. The first-order chi connectivity index (χ1) is 18.4. The van der Waals surface area contributed by atoms with Crippen LogP contribution in [0.1, 0.15) is 16.4 Å². The number of anilines is 1. The zero-order valence-electron chi connectivity index (χ0n) is 19.9. The number of para-hydroxylation sites is 1. The summed E-state index contributed by atoms with van der Waals surface area (Å²) in [5.74, 6) is -1.69. The van der Waals surface area contributed by atoms with Gasteiger partial charge in [0.2, 0.25) is 11.8 Å². The summed E-state index contributed by atoms with van der Waals surface area (Å²) in [5, 5.41) is -0.124. The van der Waals surface area contributed by atoms with Crippen molar-refractivity contribution in [3.63, 3.8) is 0 Å². The lowest BCUT2D eigenvalue weighted by atomic mass is 9.82. The maximum absolute atomic E-state index is 13.9. The summed E-state index contributed by atoms with van der Waals surface area (Å²) in [6.07, 6.45) is 0. The van der Waals surface area contributed by atoms with Crippen LogP contribution in [0.25, 0.3) is 0 Å². The summed E-state index contributed by atoms with van der Waals surface area (Å²) in [4.78, 5) is 58.9. The number of rotatable bonds is 5. The van der Waals surface area contributed by atoms with Crippen molar-refractivity contribution in [2.24, 2.45) is 5.92 Å². The van der Waals surface area contributed by atoms with Crippen LogP contribution in [-0.4, -0.2) is 65.8 Å². The van der Waals surface area contributed by atoms with E-state index in [1.807, 2.05) is 12.1 Å². The number of amides is 3. The topological polar surface area (TPSA) is 109 Å². The molecule has 0 bridgehead atoms. The molecular formula is C26H22BrN3O6S2. The van der Waals surface area contributed by atoms with Crippen molar-refractivity contribution in [2.45, 2.75) is 16.2 Å². The largest absolute Gasteiger partial charge is 0.483 e. The molecule has 1 N–H and O–H groups in total. The van der Waals surface area contributed by atoms with Crippen LogP contribution in [-0.2, 0) is 19.1 Å². The van der Waals surface area contributed by atoms with Gasteiger partial charge in [-0.05, 0) is 30.3 Å². The number of benzene rings is 2. The molecule has 3 aliphatic heterocycles. The van der Waals surface area contributed by atoms with Crippen molar-refractivity contribution in [3.05, 3.63) is 73.1 Å². The molecule has 3 amide bonds. The first-order valence-electron chi connectivity index (χ1n) is 12.0. The Kier molecular flexibility index (Phi) is 6.89.